The maximum atomic E-state index is 13.3. The highest BCUT2D eigenvalue weighted by atomic mass is 35.5. The number of hydrogen-bond donors (Lipinski definition) is 2. The Balaban J connectivity index is 1.86. The molecule has 2 aromatic rings. The Hall–Kier alpha value is -4.11. The average Bonchev–Trinajstić information content (AvgIpc) is 2.98. The molecule has 44 heavy (non-hydrogen) atoms. The molecule has 1 heterocycles. The van der Waals surface area contributed by atoms with Gasteiger partial charge in [0.25, 0.3) is 0 Å². The van der Waals surface area contributed by atoms with Gasteiger partial charge >= 0.3 is 11.9 Å². The van der Waals surface area contributed by atoms with E-state index in [4.69, 9.17) is 25.8 Å². The highest BCUT2D eigenvalue weighted by Crippen LogP contribution is 2.25. The summed E-state index contributed by atoms with van der Waals surface area (Å²) in [6.45, 7) is 5.70. The van der Waals surface area contributed by atoms with Gasteiger partial charge in [-0.15, -0.1) is 0 Å². The van der Waals surface area contributed by atoms with Crippen molar-refractivity contribution in [2.75, 3.05) is 13.7 Å². The first-order valence-electron chi connectivity index (χ1n) is 14.8. The van der Waals surface area contributed by atoms with Crippen LogP contribution in [-0.4, -0.2) is 55.7 Å². The average molecular weight is 625 g/mol. The van der Waals surface area contributed by atoms with Gasteiger partial charge in [-0.2, -0.15) is 0 Å². The van der Waals surface area contributed by atoms with E-state index in [1.165, 1.54) is 13.2 Å². The van der Waals surface area contributed by atoms with Crippen molar-refractivity contribution in [2.45, 2.75) is 64.7 Å². The summed E-state index contributed by atoms with van der Waals surface area (Å²) in [5.74, 6) is -1.96. The smallest absolute Gasteiger partial charge is 0.347 e. The third-order valence-corrected chi connectivity index (χ3v) is 7.32. The van der Waals surface area contributed by atoms with E-state index < -0.39 is 42.0 Å². The minimum Gasteiger partial charge on any atom is -0.495 e. The second kappa shape index (κ2) is 17.3. The number of halogens is 1. The molecule has 4 atom stereocenters. The Labute approximate surface area is 264 Å². The normalized spacial score (nSPS) is 22.1. The zero-order valence-corrected chi connectivity index (χ0v) is 26.3. The van der Waals surface area contributed by atoms with Gasteiger partial charge in [0.1, 0.15) is 17.9 Å². The van der Waals surface area contributed by atoms with Crippen LogP contribution in [0.4, 0.5) is 0 Å². The Morgan fingerprint density at radius 1 is 1.05 bits per heavy atom. The number of benzene rings is 2. The summed E-state index contributed by atoms with van der Waals surface area (Å²) in [6, 6.07) is 13.9. The molecule has 0 spiro atoms. The molecule has 0 saturated carbocycles. The summed E-state index contributed by atoms with van der Waals surface area (Å²) in [4.78, 5) is 52.0. The van der Waals surface area contributed by atoms with Crippen LogP contribution in [0.3, 0.4) is 0 Å². The summed E-state index contributed by atoms with van der Waals surface area (Å²) in [5.41, 5.74) is 1.69. The highest BCUT2D eigenvalue weighted by molar-refractivity contribution is 6.32. The van der Waals surface area contributed by atoms with Crippen molar-refractivity contribution in [3.8, 4) is 5.75 Å². The van der Waals surface area contributed by atoms with Crippen LogP contribution in [0.1, 0.15) is 51.2 Å². The molecule has 0 fully saturated rings. The summed E-state index contributed by atoms with van der Waals surface area (Å²) in [7, 11) is 1.50. The molecule has 1 aliphatic heterocycles. The molecule has 10 heteroatoms. The summed E-state index contributed by atoms with van der Waals surface area (Å²) >= 11 is 6.27. The van der Waals surface area contributed by atoms with E-state index in [-0.39, 0.29) is 44.1 Å². The molecule has 0 unspecified atom stereocenters. The maximum absolute atomic E-state index is 13.3. The van der Waals surface area contributed by atoms with Crippen molar-refractivity contribution in [3.05, 3.63) is 82.9 Å². The van der Waals surface area contributed by atoms with Crippen molar-refractivity contribution in [3.63, 3.8) is 0 Å². The summed E-state index contributed by atoms with van der Waals surface area (Å²) in [6.07, 6.45) is 5.54. The van der Waals surface area contributed by atoms with Crippen LogP contribution in [0, 0.1) is 11.8 Å². The van der Waals surface area contributed by atoms with Crippen LogP contribution in [0.25, 0.3) is 6.08 Å². The Kier molecular flexibility index (Phi) is 13.5. The number of rotatable bonds is 8. The summed E-state index contributed by atoms with van der Waals surface area (Å²) < 4.78 is 16.6. The highest BCUT2D eigenvalue weighted by Gasteiger charge is 2.30. The lowest BCUT2D eigenvalue weighted by atomic mass is 9.99. The third-order valence-electron chi connectivity index (χ3n) is 7.02. The Morgan fingerprint density at radius 3 is 2.48 bits per heavy atom. The first-order chi connectivity index (χ1) is 21.0. The number of carbonyl (C=O) groups is 4. The molecule has 0 radical (unpaired) electrons. The van der Waals surface area contributed by atoms with Gasteiger partial charge in [0.05, 0.1) is 18.6 Å². The number of amides is 2. The van der Waals surface area contributed by atoms with E-state index in [0.29, 0.717) is 16.3 Å². The lowest BCUT2D eigenvalue weighted by Gasteiger charge is -2.25. The predicted molar refractivity (Wildman–Crippen MR) is 169 cm³/mol. The third kappa shape index (κ3) is 11.2. The van der Waals surface area contributed by atoms with Crippen molar-refractivity contribution in [2.24, 2.45) is 11.8 Å². The van der Waals surface area contributed by atoms with Crippen molar-refractivity contribution >= 4 is 41.4 Å². The molecule has 2 aromatic carbocycles. The van der Waals surface area contributed by atoms with Gasteiger partial charge in [0.15, 0.2) is 6.10 Å². The van der Waals surface area contributed by atoms with Gasteiger partial charge in [-0.1, -0.05) is 87.0 Å². The minimum absolute atomic E-state index is 0.0450. The predicted octanol–water partition coefficient (Wildman–Crippen LogP) is 5.06. The van der Waals surface area contributed by atoms with E-state index in [1.807, 2.05) is 63.3 Å². The lowest BCUT2D eigenvalue weighted by molar-refractivity contribution is -0.173. The number of hydrogen-bond acceptors (Lipinski definition) is 7. The van der Waals surface area contributed by atoms with Crippen LogP contribution in [0.5, 0.6) is 5.75 Å². The zero-order chi connectivity index (χ0) is 32.1. The van der Waals surface area contributed by atoms with Crippen molar-refractivity contribution in [1.82, 2.24) is 10.6 Å². The van der Waals surface area contributed by atoms with E-state index in [1.54, 1.807) is 24.3 Å². The minimum atomic E-state index is -1.10. The zero-order valence-electron chi connectivity index (χ0n) is 25.6. The molecule has 0 aromatic heterocycles. The number of nitrogens with one attached hydrogen (secondary N) is 2. The van der Waals surface area contributed by atoms with Gasteiger partial charge in [0.2, 0.25) is 11.8 Å². The standard InChI is InChI=1S/C34H41ClN2O7/c1-22(2)19-30-34(41)44-28(23(3)13-14-24-9-6-5-7-10-24)11-8-12-31(38)37-27(33(40)36-18-17-32(39)43-30)21-25-15-16-29(42-4)26(35)20-25/h5-10,12-16,20,22-23,27-28,30H,11,17-19,21H2,1-4H3,(H,36,40)(H,37,38)/b12-8+,14-13+/t23-,27-,28+,30-/m1/s1. The number of carbonyl (C=O) groups excluding carboxylic acids is 4. The van der Waals surface area contributed by atoms with Crippen LogP contribution in [0.15, 0.2) is 66.8 Å². The Morgan fingerprint density at radius 2 is 1.80 bits per heavy atom. The van der Waals surface area contributed by atoms with Crippen LogP contribution < -0.4 is 15.4 Å². The molecule has 2 amide bonds. The summed E-state index contributed by atoms with van der Waals surface area (Å²) in [5, 5.41) is 5.79. The number of methoxy groups -OCH3 is 1. The van der Waals surface area contributed by atoms with Crippen LogP contribution >= 0.6 is 11.6 Å². The van der Waals surface area contributed by atoms with E-state index in [9.17, 15) is 19.2 Å². The second-order valence-electron chi connectivity index (χ2n) is 11.1. The van der Waals surface area contributed by atoms with Crippen LogP contribution in [0.2, 0.25) is 5.02 Å². The molecule has 236 valence electrons. The molecule has 3 rings (SSSR count). The molecule has 0 bridgehead atoms. The second-order valence-corrected chi connectivity index (χ2v) is 11.5. The SMILES string of the molecule is COc1ccc(C[C@H]2NC(=O)/C=C/C[C@@H]([C@H](C)/C=C/c3ccccc3)OC(=O)[C@@H](CC(C)C)OC(=O)CCNC2=O)cc1Cl. The van der Waals surface area contributed by atoms with Gasteiger partial charge in [-0.3, -0.25) is 14.4 Å². The molecule has 2 N–H and O–H groups in total. The number of esters is 2. The monoisotopic (exact) mass is 624 g/mol. The molecule has 0 saturated heterocycles. The quantitative estimate of drug-likeness (QED) is 0.394. The molecule has 1 aliphatic rings. The Bertz CT molecular complexity index is 1340. The van der Waals surface area contributed by atoms with Crippen LogP contribution in [-0.2, 0) is 35.1 Å². The van der Waals surface area contributed by atoms with E-state index in [0.717, 1.165) is 5.56 Å². The molecular weight excluding hydrogens is 584 g/mol. The fraction of sp³-hybridized carbons (Fsp3) is 0.412. The maximum Gasteiger partial charge on any atom is 0.347 e. The fourth-order valence-electron chi connectivity index (χ4n) is 4.61. The fourth-order valence-corrected chi connectivity index (χ4v) is 4.89. The van der Waals surface area contributed by atoms with Gasteiger partial charge in [-0.25, -0.2) is 4.79 Å². The van der Waals surface area contributed by atoms with E-state index >= 15 is 0 Å². The lowest BCUT2D eigenvalue weighted by Crippen LogP contribution is -2.48. The van der Waals surface area contributed by atoms with Gasteiger partial charge < -0.3 is 24.8 Å². The first-order valence-corrected chi connectivity index (χ1v) is 15.1. The number of cyclic esters (lactones) is 2. The topological polar surface area (TPSA) is 120 Å². The van der Waals surface area contributed by atoms with Gasteiger partial charge in [-0.05, 0) is 41.7 Å². The molecular formula is C34H41ClN2O7. The van der Waals surface area contributed by atoms with Crippen molar-refractivity contribution < 1.29 is 33.4 Å². The first kappa shape index (κ1) is 34.4. The number of ether oxygens (including phenoxy) is 3. The van der Waals surface area contributed by atoms with Gasteiger partial charge in [0, 0.05) is 25.3 Å². The van der Waals surface area contributed by atoms with E-state index in [2.05, 4.69) is 10.6 Å². The largest absolute Gasteiger partial charge is 0.495 e. The molecule has 9 nitrogen and oxygen atoms in total. The van der Waals surface area contributed by atoms with Crippen molar-refractivity contribution in [1.29, 1.82) is 0 Å². The molecule has 0 aliphatic carbocycles.